The zero-order valence-electron chi connectivity index (χ0n) is 52.2. The van der Waals surface area contributed by atoms with E-state index in [-0.39, 0.29) is 22.4 Å². The van der Waals surface area contributed by atoms with Crippen LogP contribution in [0.1, 0.15) is 75.8 Å². The largest absolute Gasteiger partial charge is 0.332 e. The summed E-state index contributed by atoms with van der Waals surface area (Å²) in [4.78, 5) is 151. The Kier molecular flexibility index (Phi) is 18.1. The number of fused-ring (bicyclic) bond motifs is 5. The lowest BCUT2D eigenvalue weighted by Crippen LogP contribution is -2.38. The summed E-state index contributed by atoms with van der Waals surface area (Å²) in [5, 5.41) is 0. The maximum atomic E-state index is 12.5. The van der Waals surface area contributed by atoms with E-state index in [1.54, 1.807) is 72.5 Å². The average molecular weight is 1240 g/mol. The molecule has 12 heterocycles. The van der Waals surface area contributed by atoms with Gasteiger partial charge in [0.15, 0.2) is 55.8 Å². The van der Waals surface area contributed by atoms with Crippen LogP contribution in [0.4, 0.5) is 0 Å². The molecule has 0 spiro atoms. The number of hydrogen-bond donors (Lipinski definition) is 0. The van der Waals surface area contributed by atoms with Crippen molar-refractivity contribution in [1.82, 2.24) is 103 Å². The molecule has 11 aromatic rings. The molecule has 12 rings (SSSR count). The Morgan fingerprint density at radius 2 is 0.633 bits per heavy atom. The fourth-order valence-corrected chi connectivity index (χ4v) is 12.0. The fourth-order valence-electron chi connectivity index (χ4n) is 12.0. The van der Waals surface area contributed by atoms with Gasteiger partial charge in [-0.1, -0.05) is 31.7 Å². The number of pyridine rings is 1. The average Bonchev–Trinajstić information content (AvgIpc) is 1.61. The molecular formula is C58H74N22O10. The summed E-state index contributed by atoms with van der Waals surface area (Å²) in [5.74, 6) is 0. The number of hydrogen-bond acceptors (Lipinski definition) is 17. The molecule has 0 amide bonds. The summed E-state index contributed by atoms with van der Waals surface area (Å²) in [7, 11) is 15.1. The number of likely N-dealkylation sites (tertiary alicyclic amines) is 1. The summed E-state index contributed by atoms with van der Waals surface area (Å²) in [6, 6.07) is 4.78. The molecule has 0 aromatic carbocycles. The van der Waals surface area contributed by atoms with E-state index in [1.807, 2.05) is 23.0 Å². The molecule has 1 unspecified atom stereocenters. The van der Waals surface area contributed by atoms with Gasteiger partial charge in [-0.2, -0.15) is 0 Å². The minimum absolute atomic E-state index is 0.271. The first kappa shape index (κ1) is 62.9. The maximum absolute atomic E-state index is 12.5. The zero-order chi connectivity index (χ0) is 64.6. The molecular weight excluding hydrogens is 1160 g/mol. The van der Waals surface area contributed by atoms with Gasteiger partial charge in [-0.05, 0) is 63.2 Å². The van der Waals surface area contributed by atoms with Crippen molar-refractivity contribution in [3.8, 4) is 0 Å². The Balaban J connectivity index is 0.000000149. The van der Waals surface area contributed by atoms with Crippen LogP contribution < -0.4 is 56.2 Å². The lowest BCUT2D eigenvalue weighted by Gasteiger charge is -2.24. The topological polar surface area (TPSA) is 325 Å². The van der Waals surface area contributed by atoms with Gasteiger partial charge < -0.3 is 22.8 Å². The van der Waals surface area contributed by atoms with Crippen molar-refractivity contribution in [1.29, 1.82) is 0 Å². The van der Waals surface area contributed by atoms with Crippen LogP contribution >= 0.6 is 0 Å². The maximum Gasteiger partial charge on any atom is 0.332 e. The third kappa shape index (κ3) is 11.5. The van der Waals surface area contributed by atoms with Gasteiger partial charge in [0, 0.05) is 122 Å². The van der Waals surface area contributed by atoms with Crippen LogP contribution in [0.15, 0.2) is 104 Å². The van der Waals surface area contributed by atoms with Crippen LogP contribution in [-0.2, 0) is 103 Å². The predicted molar refractivity (Wildman–Crippen MR) is 336 cm³/mol. The Morgan fingerprint density at radius 3 is 0.933 bits per heavy atom. The Bertz CT molecular complexity index is 4950. The van der Waals surface area contributed by atoms with Crippen molar-refractivity contribution in [3.63, 3.8) is 0 Å². The van der Waals surface area contributed by atoms with Crippen LogP contribution in [-0.4, -0.2) is 116 Å². The molecule has 0 aliphatic carbocycles. The quantitative estimate of drug-likeness (QED) is 0.0982. The highest BCUT2D eigenvalue weighted by Crippen LogP contribution is 2.31. The molecule has 0 radical (unpaired) electrons. The SMILES string of the molecule is Cn1c(=O)c2c(ncn2CCCCCCCCN2CCCC2c2cccnc2)n(C)c1=O.Cn1c(=O)c2c(ncn2CCCCn2cnc3c2c(=O)n(C)c(=O)n3C)n(C)c1=O.Cn1c(=O)c2c(ncn2CCn2cnc3c2c(=O)n(C)c(=O)n3C)n(C)c1=O. The van der Waals surface area contributed by atoms with Crippen molar-refractivity contribution < 1.29 is 0 Å². The summed E-state index contributed by atoms with van der Waals surface area (Å²) >= 11 is 0. The molecule has 1 aliphatic heterocycles. The molecule has 90 heavy (non-hydrogen) atoms. The molecule has 1 atom stereocenters. The van der Waals surface area contributed by atoms with E-state index in [0.29, 0.717) is 101 Å². The summed E-state index contributed by atoms with van der Waals surface area (Å²) in [5.41, 5.74) is 1.02. The smallest absolute Gasteiger partial charge is 0.325 e. The molecule has 476 valence electrons. The second kappa shape index (κ2) is 25.9. The van der Waals surface area contributed by atoms with E-state index < -0.39 is 33.9 Å². The van der Waals surface area contributed by atoms with Crippen LogP contribution in [0.2, 0.25) is 0 Å². The highest BCUT2D eigenvalue weighted by atomic mass is 16.2. The number of unbranched alkanes of at least 4 members (excludes halogenated alkanes) is 6. The van der Waals surface area contributed by atoms with Crippen molar-refractivity contribution in [2.45, 2.75) is 103 Å². The first-order valence-corrected chi connectivity index (χ1v) is 29.7. The summed E-state index contributed by atoms with van der Waals surface area (Å²) in [6.45, 7) is 4.83. The lowest BCUT2D eigenvalue weighted by atomic mass is 10.1. The van der Waals surface area contributed by atoms with E-state index in [0.717, 1.165) is 42.2 Å². The lowest BCUT2D eigenvalue weighted by molar-refractivity contribution is 0.250. The van der Waals surface area contributed by atoms with E-state index in [1.165, 1.54) is 128 Å². The Morgan fingerprint density at radius 1 is 0.356 bits per heavy atom. The monoisotopic (exact) mass is 1240 g/mol. The highest BCUT2D eigenvalue weighted by molar-refractivity contribution is 5.73. The molecule has 1 saturated heterocycles. The second-order valence-electron chi connectivity index (χ2n) is 22.9. The molecule has 1 aliphatic rings. The molecule has 0 N–H and O–H groups in total. The number of aryl methyl sites for hydroxylation is 10. The van der Waals surface area contributed by atoms with Crippen LogP contribution in [0.5, 0.6) is 0 Å². The molecule has 0 bridgehead atoms. The Hall–Kier alpha value is -10.1. The van der Waals surface area contributed by atoms with Crippen LogP contribution in [0.3, 0.4) is 0 Å². The van der Waals surface area contributed by atoms with Gasteiger partial charge in [-0.3, -0.25) is 79.5 Å². The minimum Gasteiger partial charge on any atom is -0.325 e. The van der Waals surface area contributed by atoms with E-state index in [4.69, 9.17) is 0 Å². The Labute approximate surface area is 509 Å². The van der Waals surface area contributed by atoms with Gasteiger partial charge in [0.25, 0.3) is 27.8 Å². The van der Waals surface area contributed by atoms with Gasteiger partial charge in [-0.15, -0.1) is 0 Å². The van der Waals surface area contributed by atoms with Crippen molar-refractivity contribution in [2.75, 3.05) is 13.1 Å². The fraction of sp³-hybridized carbons (Fsp3) is 0.483. The molecule has 32 heteroatoms. The number of nitrogens with zero attached hydrogens (tertiary/aromatic N) is 22. The molecule has 0 saturated carbocycles. The standard InChI is InChI=1S/C24H34N6O2.C18H22N8O4.C16H18N8O4/c1-27-22-21(23(31)28(2)24(27)32)30(18-26-22)15-8-6-4-3-5-7-14-29-16-10-12-20(29)19-11-9-13-25-17-19;1-21-13-11(15(27)23(3)17(21)29)25(9-19-13)7-5-6-8-26-10-20-14-12(26)16(28)24(4)18(30)22(14)2;1-19-11-9(13(25)21(3)15(19)27)23(7-17-11)5-6-24-8-18-12-10(24)14(26)22(4)16(28)20(12)2/h9,11,13,17-18,20H,3-8,10,12,14-16H2,1-2H3;9-10H,5-8H2,1-4H3;7-8H,5-6H2,1-4H3. The first-order chi connectivity index (χ1) is 43.0. The minimum atomic E-state index is -0.451. The van der Waals surface area contributed by atoms with Gasteiger partial charge >= 0.3 is 28.4 Å². The van der Waals surface area contributed by atoms with Gasteiger partial charge in [0.1, 0.15) is 0 Å². The second-order valence-corrected chi connectivity index (χ2v) is 22.9. The van der Waals surface area contributed by atoms with Crippen LogP contribution in [0, 0.1) is 0 Å². The number of rotatable bonds is 18. The molecule has 11 aromatic heterocycles. The molecule has 1 fully saturated rings. The van der Waals surface area contributed by atoms with E-state index >= 15 is 0 Å². The summed E-state index contributed by atoms with van der Waals surface area (Å²) in [6.07, 6.45) is 22.7. The van der Waals surface area contributed by atoms with Gasteiger partial charge in [0.05, 0.1) is 31.6 Å². The number of imidazole rings is 5. The summed E-state index contributed by atoms with van der Waals surface area (Å²) < 4.78 is 20.7. The van der Waals surface area contributed by atoms with Crippen LogP contribution in [0.25, 0.3) is 55.8 Å². The van der Waals surface area contributed by atoms with Crippen molar-refractivity contribution in [3.05, 3.63) is 166 Å². The first-order valence-electron chi connectivity index (χ1n) is 29.7. The predicted octanol–water partition coefficient (Wildman–Crippen LogP) is -0.451. The van der Waals surface area contributed by atoms with Gasteiger partial charge in [-0.25, -0.2) is 48.9 Å². The van der Waals surface area contributed by atoms with Crippen molar-refractivity contribution in [2.24, 2.45) is 70.5 Å². The number of aromatic nitrogens is 21. The van der Waals surface area contributed by atoms with E-state index in [2.05, 4.69) is 40.9 Å². The third-order valence-corrected chi connectivity index (χ3v) is 17.2. The third-order valence-electron chi connectivity index (χ3n) is 17.2. The normalized spacial score (nSPS) is 13.6. The highest BCUT2D eigenvalue weighted by Gasteiger charge is 2.26. The zero-order valence-corrected chi connectivity index (χ0v) is 52.2. The molecule has 32 nitrogen and oxygen atoms in total. The van der Waals surface area contributed by atoms with Gasteiger partial charge in [0.2, 0.25) is 0 Å². The van der Waals surface area contributed by atoms with Crippen molar-refractivity contribution >= 4 is 55.8 Å². The van der Waals surface area contributed by atoms with E-state index in [9.17, 15) is 47.9 Å².